The Morgan fingerprint density at radius 2 is 1.19 bits per heavy atom. The molecule has 0 aromatic carbocycles. The van der Waals surface area contributed by atoms with Gasteiger partial charge in [-0.25, -0.2) is 0 Å². The van der Waals surface area contributed by atoms with Crippen molar-refractivity contribution in [2.45, 2.75) is 51.9 Å². The van der Waals surface area contributed by atoms with Gasteiger partial charge in [0.25, 0.3) is 0 Å². The number of aliphatic hydroxyl groups excluding tert-OH is 1. The minimum atomic E-state index is -4.67. The van der Waals surface area contributed by atoms with Gasteiger partial charge in [0.05, 0.1) is 0 Å². The Morgan fingerprint density at radius 1 is 0.875 bits per heavy atom. The summed E-state index contributed by atoms with van der Waals surface area (Å²) in [6.07, 6.45) is 8.93. The zero-order valence-electron chi connectivity index (χ0n) is 9.22. The van der Waals surface area contributed by atoms with Crippen LogP contribution in [0.1, 0.15) is 51.9 Å². The summed E-state index contributed by atoms with van der Waals surface area (Å²) in [5.74, 6) is 0. The Balaban J connectivity index is -0.000000242. The van der Waals surface area contributed by atoms with Gasteiger partial charge in [0.1, 0.15) is 0 Å². The Hall–Kier alpha value is 1.47. The molecule has 0 radical (unpaired) electrons. The maximum absolute atomic E-state index is 8.74. The SMILES string of the molecule is CCCCCCCCCO.O=S(=O)(O)O.[KH]. The van der Waals surface area contributed by atoms with Gasteiger partial charge >= 0.3 is 61.8 Å². The molecule has 0 aliphatic carbocycles. The van der Waals surface area contributed by atoms with Crippen molar-refractivity contribution in [3.05, 3.63) is 0 Å². The first-order valence-corrected chi connectivity index (χ1v) is 6.62. The monoisotopic (exact) mass is 282 g/mol. The molecule has 0 rings (SSSR count). The normalized spacial score (nSPS) is 10.0. The van der Waals surface area contributed by atoms with Gasteiger partial charge < -0.3 is 5.11 Å². The third-order valence-corrected chi connectivity index (χ3v) is 1.76. The molecule has 0 aliphatic rings. The molecule has 0 spiro atoms. The number of unbranched alkanes of at least 4 members (excludes halogenated alkanes) is 6. The Kier molecular flexibility index (Phi) is 23.3. The molecule has 0 aromatic heterocycles. The van der Waals surface area contributed by atoms with Gasteiger partial charge in [-0.05, 0) is 6.42 Å². The van der Waals surface area contributed by atoms with Crippen LogP contribution in [0, 0.1) is 0 Å². The van der Waals surface area contributed by atoms with E-state index >= 15 is 0 Å². The molecule has 0 saturated heterocycles. The van der Waals surface area contributed by atoms with Crippen LogP contribution in [-0.2, 0) is 10.4 Å². The summed E-state index contributed by atoms with van der Waals surface area (Å²) in [6.45, 7) is 2.60. The first kappa shape index (κ1) is 22.6. The Labute approximate surface area is 141 Å². The van der Waals surface area contributed by atoms with Crippen LogP contribution >= 0.6 is 0 Å². The average Bonchev–Trinajstić information content (AvgIpc) is 2.08. The predicted octanol–water partition coefficient (Wildman–Crippen LogP) is 1.43. The second-order valence-corrected chi connectivity index (χ2v) is 4.19. The number of aliphatic hydroxyl groups is 1. The van der Waals surface area contributed by atoms with Crippen molar-refractivity contribution in [2.24, 2.45) is 0 Å². The summed E-state index contributed by atoms with van der Waals surface area (Å²) in [5, 5.41) is 8.47. The van der Waals surface area contributed by atoms with E-state index in [1.807, 2.05) is 0 Å². The first-order valence-electron chi connectivity index (χ1n) is 5.22. The summed E-state index contributed by atoms with van der Waals surface area (Å²) < 4.78 is 31.6. The van der Waals surface area contributed by atoms with Crippen molar-refractivity contribution in [1.29, 1.82) is 0 Å². The molecule has 0 fully saturated rings. The summed E-state index contributed by atoms with van der Waals surface area (Å²) in [4.78, 5) is 0. The van der Waals surface area contributed by atoms with Gasteiger partial charge in [-0.1, -0.05) is 45.4 Å². The molecule has 0 atom stereocenters. The van der Waals surface area contributed by atoms with E-state index in [4.69, 9.17) is 22.6 Å². The second kappa shape index (κ2) is 16.5. The fraction of sp³-hybridized carbons (Fsp3) is 1.00. The topological polar surface area (TPSA) is 94.8 Å². The third-order valence-electron chi connectivity index (χ3n) is 1.76. The molecular formula is C9H23KO5S. The average molecular weight is 282 g/mol. The second-order valence-electron chi connectivity index (χ2n) is 3.29. The fourth-order valence-corrected chi connectivity index (χ4v) is 1.07. The van der Waals surface area contributed by atoms with E-state index in [2.05, 4.69) is 6.92 Å². The van der Waals surface area contributed by atoms with Crippen molar-refractivity contribution in [2.75, 3.05) is 6.61 Å². The van der Waals surface area contributed by atoms with Crippen LogP contribution in [0.5, 0.6) is 0 Å². The molecule has 96 valence electrons. The van der Waals surface area contributed by atoms with Gasteiger partial charge in [0.15, 0.2) is 0 Å². The zero-order chi connectivity index (χ0) is 12.2. The molecule has 0 heterocycles. The van der Waals surface area contributed by atoms with Gasteiger partial charge in [0.2, 0.25) is 0 Å². The molecule has 0 unspecified atom stereocenters. The molecule has 0 aliphatic heterocycles. The van der Waals surface area contributed by atoms with Crippen LogP contribution in [0.4, 0.5) is 0 Å². The van der Waals surface area contributed by atoms with Crippen LogP contribution < -0.4 is 0 Å². The van der Waals surface area contributed by atoms with Crippen LogP contribution in [-0.4, -0.2) is 80.6 Å². The van der Waals surface area contributed by atoms with E-state index in [-0.39, 0.29) is 51.4 Å². The molecular weight excluding hydrogens is 259 g/mol. The molecule has 0 amide bonds. The minimum absolute atomic E-state index is 0. The van der Waals surface area contributed by atoms with Crippen molar-refractivity contribution in [3.8, 4) is 0 Å². The van der Waals surface area contributed by atoms with Gasteiger partial charge in [0, 0.05) is 6.61 Å². The predicted molar refractivity (Wildman–Crippen MR) is 66.4 cm³/mol. The van der Waals surface area contributed by atoms with Gasteiger partial charge in [-0.2, -0.15) is 8.42 Å². The van der Waals surface area contributed by atoms with Gasteiger partial charge in [-0.3, -0.25) is 9.11 Å². The summed E-state index contributed by atoms with van der Waals surface area (Å²) >= 11 is 0. The zero-order valence-corrected chi connectivity index (χ0v) is 10.0. The van der Waals surface area contributed by atoms with E-state index in [9.17, 15) is 0 Å². The fourth-order valence-electron chi connectivity index (χ4n) is 1.07. The molecule has 0 aromatic rings. The number of rotatable bonds is 7. The summed E-state index contributed by atoms with van der Waals surface area (Å²) in [7, 11) is -4.67. The summed E-state index contributed by atoms with van der Waals surface area (Å²) in [6, 6.07) is 0. The molecule has 5 nitrogen and oxygen atoms in total. The van der Waals surface area contributed by atoms with E-state index in [1.165, 1.54) is 38.5 Å². The van der Waals surface area contributed by atoms with E-state index in [0.717, 1.165) is 6.42 Å². The molecule has 0 bridgehead atoms. The van der Waals surface area contributed by atoms with Gasteiger partial charge in [-0.15, -0.1) is 0 Å². The first-order chi connectivity index (χ1) is 6.91. The van der Waals surface area contributed by atoms with Crippen molar-refractivity contribution in [3.63, 3.8) is 0 Å². The van der Waals surface area contributed by atoms with Crippen molar-refractivity contribution >= 4 is 61.8 Å². The Morgan fingerprint density at radius 3 is 1.50 bits per heavy atom. The third kappa shape index (κ3) is 45.2. The van der Waals surface area contributed by atoms with Crippen LogP contribution in [0.2, 0.25) is 0 Å². The maximum atomic E-state index is 8.74. The van der Waals surface area contributed by atoms with E-state index in [1.54, 1.807) is 0 Å². The van der Waals surface area contributed by atoms with Crippen LogP contribution in [0.25, 0.3) is 0 Å². The molecule has 3 N–H and O–H groups in total. The molecule has 7 heteroatoms. The quantitative estimate of drug-likeness (QED) is 0.373. The van der Waals surface area contributed by atoms with E-state index in [0.29, 0.717) is 6.61 Å². The standard InChI is InChI=1S/C9H20O.K.H2O4S.H/c1-2-3-4-5-6-7-8-9-10;;1-5(2,3)4;/h10H,2-9H2,1H3;;(H2,1,2,3,4);. The number of hydrogen-bond donors (Lipinski definition) is 3. The van der Waals surface area contributed by atoms with E-state index < -0.39 is 10.4 Å². The molecule has 16 heavy (non-hydrogen) atoms. The number of hydrogen-bond acceptors (Lipinski definition) is 3. The molecule has 0 saturated carbocycles. The van der Waals surface area contributed by atoms with Crippen LogP contribution in [0.3, 0.4) is 0 Å². The van der Waals surface area contributed by atoms with Crippen molar-refractivity contribution in [1.82, 2.24) is 0 Å². The van der Waals surface area contributed by atoms with Crippen molar-refractivity contribution < 1.29 is 22.6 Å². The van der Waals surface area contributed by atoms with Crippen LogP contribution in [0.15, 0.2) is 0 Å². The summed E-state index contributed by atoms with van der Waals surface area (Å²) in [5.41, 5.74) is 0. The Bertz CT molecular complexity index is 190.